The summed E-state index contributed by atoms with van der Waals surface area (Å²) in [5.74, 6) is -0.992. The Bertz CT molecular complexity index is 316. The van der Waals surface area contributed by atoms with E-state index in [0.717, 1.165) is 32.1 Å². The second-order valence-electron chi connectivity index (χ2n) is 4.55. The smallest absolute Gasteiger partial charge is 0.330 e. The third kappa shape index (κ3) is 3.32. The van der Waals surface area contributed by atoms with Crippen LogP contribution in [-0.4, -0.2) is 22.5 Å². The minimum atomic E-state index is -0.992. The first-order valence-electron chi connectivity index (χ1n) is 5.50. The van der Waals surface area contributed by atoms with Gasteiger partial charge in [0.2, 0.25) is 6.54 Å². The van der Waals surface area contributed by atoms with E-state index in [9.17, 15) is 14.9 Å². The van der Waals surface area contributed by atoms with Crippen LogP contribution in [0.2, 0.25) is 0 Å². The lowest BCUT2D eigenvalue weighted by molar-refractivity contribution is -0.495. The van der Waals surface area contributed by atoms with Gasteiger partial charge in [0.1, 0.15) is 0 Å². The minimum Gasteiger partial charge on any atom is -0.478 e. The fraction of sp³-hybridized carbons (Fsp3) is 0.727. The summed E-state index contributed by atoms with van der Waals surface area (Å²) in [5, 5.41) is 19.5. The summed E-state index contributed by atoms with van der Waals surface area (Å²) in [6.45, 7) is 1.34. The van der Waals surface area contributed by atoms with Gasteiger partial charge in [-0.1, -0.05) is 25.3 Å². The third-order valence-electron chi connectivity index (χ3n) is 3.15. The van der Waals surface area contributed by atoms with Gasteiger partial charge in [-0.3, -0.25) is 10.1 Å². The van der Waals surface area contributed by atoms with Crippen molar-refractivity contribution in [2.75, 3.05) is 6.54 Å². The Morgan fingerprint density at radius 2 is 2.00 bits per heavy atom. The number of carbonyl (C=O) groups is 1. The van der Waals surface area contributed by atoms with Crippen molar-refractivity contribution in [1.82, 2.24) is 0 Å². The number of hydrogen-bond acceptors (Lipinski definition) is 3. The van der Waals surface area contributed by atoms with Crippen molar-refractivity contribution >= 4 is 5.97 Å². The molecule has 0 aromatic carbocycles. The number of carboxylic acid groups (broad SMARTS) is 1. The molecule has 1 rings (SSSR count). The molecule has 1 saturated carbocycles. The zero-order valence-corrected chi connectivity index (χ0v) is 9.44. The van der Waals surface area contributed by atoms with Crippen molar-refractivity contribution in [1.29, 1.82) is 0 Å². The van der Waals surface area contributed by atoms with E-state index < -0.39 is 11.4 Å². The Balaban J connectivity index is 2.89. The van der Waals surface area contributed by atoms with E-state index in [1.165, 1.54) is 6.92 Å². The highest BCUT2D eigenvalue weighted by atomic mass is 16.6. The van der Waals surface area contributed by atoms with Crippen molar-refractivity contribution in [2.24, 2.45) is 5.41 Å². The first-order valence-corrected chi connectivity index (χ1v) is 5.50. The molecule has 1 aliphatic carbocycles. The maximum atomic E-state index is 10.8. The SMILES string of the molecule is CC(=CC1(C[N+](=O)[O-])CCCCC1)C(=O)O. The largest absolute Gasteiger partial charge is 0.478 e. The van der Waals surface area contributed by atoms with E-state index in [-0.39, 0.29) is 17.0 Å². The van der Waals surface area contributed by atoms with Crippen LogP contribution in [0.15, 0.2) is 11.6 Å². The average molecular weight is 227 g/mol. The van der Waals surface area contributed by atoms with Crippen molar-refractivity contribution < 1.29 is 14.8 Å². The van der Waals surface area contributed by atoms with Crippen LogP contribution in [0.3, 0.4) is 0 Å². The van der Waals surface area contributed by atoms with E-state index in [2.05, 4.69) is 0 Å². The molecule has 5 heteroatoms. The van der Waals surface area contributed by atoms with Crippen LogP contribution < -0.4 is 0 Å². The van der Waals surface area contributed by atoms with Crippen LogP contribution in [0.5, 0.6) is 0 Å². The van der Waals surface area contributed by atoms with Gasteiger partial charge in [-0.15, -0.1) is 0 Å². The number of rotatable bonds is 4. The van der Waals surface area contributed by atoms with Crippen LogP contribution in [0.25, 0.3) is 0 Å². The van der Waals surface area contributed by atoms with Gasteiger partial charge in [-0.25, -0.2) is 4.79 Å². The molecule has 0 spiro atoms. The summed E-state index contributed by atoms with van der Waals surface area (Å²) in [5.41, 5.74) is -0.326. The summed E-state index contributed by atoms with van der Waals surface area (Å²) in [7, 11) is 0. The topological polar surface area (TPSA) is 80.4 Å². The maximum Gasteiger partial charge on any atom is 0.330 e. The maximum absolute atomic E-state index is 10.8. The molecule has 0 radical (unpaired) electrons. The first-order chi connectivity index (χ1) is 7.45. The van der Waals surface area contributed by atoms with Crippen LogP contribution in [0.1, 0.15) is 39.0 Å². The van der Waals surface area contributed by atoms with Crippen LogP contribution in [0.4, 0.5) is 0 Å². The summed E-state index contributed by atoms with van der Waals surface area (Å²) >= 11 is 0. The Morgan fingerprint density at radius 1 is 1.44 bits per heavy atom. The molecule has 0 aliphatic heterocycles. The normalized spacial score (nSPS) is 20.4. The number of aliphatic carboxylic acids is 1. The van der Waals surface area contributed by atoms with Crippen LogP contribution in [0, 0.1) is 15.5 Å². The molecule has 0 amide bonds. The van der Waals surface area contributed by atoms with Crippen LogP contribution >= 0.6 is 0 Å². The molecule has 0 aromatic heterocycles. The third-order valence-corrected chi connectivity index (χ3v) is 3.15. The fourth-order valence-electron chi connectivity index (χ4n) is 2.38. The molecule has 1 fully saturated rings. The number of hydrogen-bond donors (Lipinski definition) is 1. The predicted octanol–water partition coefficient (Wildman–Crippen LogP) is 2.24. The number of nitro groups is 1. The summed E-state index contributed by atoms with van der Waals surface area (Å²) in [4.78, 5) is 21.1. The molecule has 0 atom stereocenters. The Morgan fingerprint density at radius 3 is 2.44 bits per heavy atom. The molecular weight excluding hydrogens is 210 g/mol. The lowest BCUT2D eigenvalue weighted by Crippen LogP contribution is -2.31. The Hall–Kier alpha value is -1.39. The fourth-order valence-corrected chi connectivity index (χ4v) is 2.38. The number of carboxylic acids is 1. The second-order valence-corrected chi connectivity index (χ2v) is 4.55. The van der Waals surface area contributed by atoms with Gasteiger partial charge < -0.3 is 5.11 Å². The minimum absolute atomic E-state index is 0.155. The van der Waals surface area contributed by atoms with Gasteiger partial charge in [0, 0.05) is 10.5 Å². The lowest BCUT2D eigenvalue weighted by Gasteiger charge is -2.31. The molecule has 0 aromatic rings. The zero-order valence-electron chi connectivity index (χ0n) is 9.44. The standard InChI is InChI=1S/C11H17NO4/c1-9(10(13)14)7-11(8-12(15)16)5-3-2-4-6-11/h7H,2-6,8H2,1H3,(H,13,14). The molecule has 0 bridgehead atoms. The summed E-state index contributed by atoms with van der Waals surface area (Å²) in [6.07, 6.45) is 6.00. The van der Waals surface area contributed by atoms with E-state index >= 15 is 0 Å². The Kier molecular flexibility index (Phi) is 4.04. The molecule has 0 saturated heterocycles. The van der Waals surface area contributed by atoms with Crippen molar-refractivity contribution in [3.63, 3.8) is 0 Å². The average Bonchev–Trinajstić information content (AvgIpc) is 2.17. The van der Waals surface area contributed by atoms with Crippen LogP contribution in [-0.2, 0) is 4.79 Å². The van der Waals surface area contributed by atoms with Gasteiger partial charge in [0.05, 0.1) is 5.41 Å². The van der Waals surface area contributed by atoms with Gasteiger partial charge in [-0.2, -0.15) is 0 Å². The lowest BCUT2D eigenvalue weighted by atomic mass is 9.73. The predicted molar refractivity (Wildman–Crippen MR) is 58.8 cm³/mol. The van der Waals surface area contributed by atoms with Crippen molar-refractivity contribution in [3.8, 4) is 0 Å². The molecule has 5 nitrogen and oxygen atoms in total. The quantitative estimate of drug-likeness (QED) is 0.453. The van der Waals surface area contributed by atoms with E-state index in [0.29, 0.717) is 0 Å². The highest BCUT2D eigenvalue weighted by molar-refractivity contribution is 5.85. The summed E-state index contributed by atoms with van der Waals surface area (Å²) < 4.78 is 0. The zero-order chi connectivity index (χ0) is 12.2. The first kappa shape index (κ1) is 12.7. The van der Waals surface area contributed by atoms with Gasteiger partial charge in [0.25, 0.3) is 0 Å². The molecule has 1 N–H and O–H groups in total. The van der Waals surface area contributed by atoms with Crippen molar-refractivity contribution in [3.05, 3.63) is 21.8 Å². The molecule has 0 heterocycles. The molecule has 0 unspecified atom stereocenters. The summed E-state index contributed by atoms with van der Waals surface area (Å²) in [6, 6.07) is 0. The van der Waals surface area contributed by atoms with Crippen molar-refractivity contribution in [2.45, 2.75) is 39.0 Å². The van der Waals surface area contributed by atoms with E-state index in [1.54, 1.807) is 6.08 Å². The monoisotopic (exact) mass is 227 g/mol. The number of nitrogens with zero attached hydrogens (tertiary/aromatic N) is 1. The van der Waals surface area contributed by atoms with Gasteiger partial charge in [0.15, 0.2) is 0 Å². The second kappa shape index (κ2) is 5.09. The van der Waals surface area contributed by atoms with E-state index in [1.807, 2.05) is 0 Å². The molecule has 1 aliphatic rings. The molecular formula is C11H17NO4. The molecule has 90 valence electrons. The van der Waals surface area contributed by atoms with E-state index in [4.69, 9.17) is 5.11 Å². The highest BCUT2D eigenvalue weighted by Crippen LogP contribution is 2.38. The van der Waals surface area contributed by atoms with Gasteiger partial charge in [-0.05, 0) is 19.8 Å². The van der Waals surface area contributed by atoms with Gasteiger partial charge >= 0.3 is 5.97 Å². The highest BCUT2D eigenvalue weighted by Gasteiger charge is 2.35. The molecule has 16 heavy (non-hydrogen) atoms. The Labute approximate surface area is 94.3 Å².